The van der Waals surface area contributed by atoms with Gasteiger partial charge in [0.05, 0.1) is 29.4 Å². The van der Waals surface area contributed by atoms with Crippen molar-refractivity contribution in [2.45, 2.75) is 20.5 Å². The van der Waals surface area contributed by atoms with Crippen LogP contribution in [-0.2, 0) is 16.2 Å². The third-order valence-corrected chi connectivity index (χ3v) is 6.94. The number of benzene rings is 3. The third-order valence-electron chi connectivity index (χ3n) is 6.03. The zero-order valence-corrected chi connectivity index (χ0v) is 23.4. The Morgan fingerprint density at radius 3 is 2.32 bits per heavy atom. The normalized spacial score (nSPS) is 14.5. The van der Waals surface area contributed by atoms with Gasteiger partial charge >= 0.3 is 6.03 Å². The van der Waals surface area contributed by atoms with E-state index in [-0.39, 0.29) is 27.8 Å². The number of nitrogens with zero attached hydrogens (tertiary/aromatic N) is 1. The molecule has 1 aliphatic rings. The molecule has 0 atom stereocenters. The lowest BCUT2D eigenvalue weighted by Gasteiger charge is -2.28. The second-order valence-electron chi connectivity index (χ2n) is 8.51. The Morgan fingerprint density at radius 2 is 1.66 bits per heavy atom. The lowest BCUT2D eigenvalue weighted by Crippen LogP contribution is -2.54. The summed E-state index contributed by atoms with van der Waals surface area (Å²) in [5, 5.41) is 2.43. The summed E-state index contributed by atoms with van der Waals surface area (Å²) in [6.07, 6.45) is 1.40. The van der Waals surface area contributed by atoms with Crippen LogP contribution in [0.15, 0.2) is 58.6 Å². The molecule has 0 spiro atoms. The van der Waals surface area contributed by atoms with Gasteiger partial charge < -0.3 is 14.2 Å². The summed E-state index contributed by atoms with van der Waals surface area (Å²) in [6.45, 7) is 4.48. The molecule has 4 amide bonds. The molecular weight excluding hydrogens is 576 g/mol. The predicted molar refractivity (Wildman–Crippen MR) is 148 cm³/mol. The maximum Gasteiger partial charge on any atom is 0.336 e. The van der Waals surface area contributed by atoms with E-state index in [4.69, 9.17) is 25.8 Å². The van der Waals surface area contributed by atoms with Crippen LogP contribution in [0.25, 0.3) is 6.08 Å². The Balaban J connectivity index is 1.61. The van der Waals surface area contributed by atoms with Crippen LogP contribution < -0.4 is 24.4 Å². The third kappa shape index (κ3) is 5.54. The number of methoxy groups -OCH3 is 2. The SMILES string of the molecule is COc1cc(N2C(=O)NC(=O)/C(=C\c3ccc(OCc4ccc(C)c(C)c4)c(Br)c3)C2=O)c(OC)cc1Cl. The summed E-state index contributed by atoms with van der Waals surface area (Å²) in [5.74, 6) is -0.665. The molecule has 0 aliphatic carbocycles. The molecule has 196 valence electrons. The average molecular weight is 600 g/mol. The first-order chi connectivity index (χ1) is 18.1. The molecule has 1 N–H and O–H groups in total. The van der Waals surface area contributed by atoms with E-state index in [1.807, 2.05) is 19.1 Å². The van der Waals surface area contributed by atoms with Crippen LogP contribution in [0.5, 0.6) is 17.2 Å². The highest BCUT2D eigenvalue weighted by Gasteiger charge is 2.38. The number of rotatable bonds is 7. The fourth-order valence-corrected chi connectivity index (χ4v) is 4.58. The van der Waals surface area contributed by atoms with Crippen LogP contribution >= 0.6 is 27.5 Å². The molecule has 0 aromatic heterocycles. The van der Waals surface area contributed by atoms with Gasteiger partial charge in [0.1, 0.15) is 29.4 Å². The van der Waals surface area contributed by atoms with Crippen molar-refractivity contribution >= 4 is 57.1 Å². The van der Waals surface area contributed by atoms with E-state index in [0.29, 0.717) is 22.4 Å². The molecule has 10 heteroatoms. The van der Waals surface area contributed by atoms with E-state index in [9.17, 15) is 14.4 Å². The second-order valence-corrected chi connectivity index (χ2v) is 9.78. The van der Waals surface area contributed by atoms with Crippen LogP contribution in [0.4, 0.5) is 10.5 Å². The fourth-order valence-electron chi connectivity index (χ4n) is 3.84. The average Bonchev–Trinajstić information content (AvgIpc) is 2.88. The quantitative estimate of drug-likeness (QED) is 0.265. The molecule has 1 fully saturated rings. The lowest BCUT2D eigenvalue weighted by molar-refractivity contribution is -0.122. The molecule has 4 rings (SSSR count). The number of urea groups is 1. The molecule has 38 heavy (non-hydrogen) atoms. The van der Waals surface area contributed by atoms with Gasteiger partial charge in [0.15, 0.2) is 0 Å². The number of hydrogen-bond donors (Lipinski definition) is 1. The predicted octanol–water partition coefficient (Wildman–Crippen LogP) is 5.98. The van der Waals surface area contributed by atoms with Gasteiger partial charge in [0.2, 0.25) is 0 Å². The summed E-state index contributed by atoms with van der Waals surface area (Å²) in [5.41, 5.74) is 3.81. The van der Waals surface area contributed by atoms with E-state index >= 15 is 0 Å². The van der Waals surface area contributed by atoms with Crippen molar-refractivity contribution < 1.29 is 28.6 Å². The van der Waals surface area contributed by atoms with Crippen molar-refractivity contribution in [2.75, 3.05) is 19.1 Å². The van der Waals surface area contributed by atoms with Crippen molar-refractivity contribution in [3.63, 3.8) is 0 Å². The largest absolute Gasteiger partial charge is 0.495 e. The van der Waals surface area contributed by atoms with Crippen LogP contribution in [0, 0.1) is 13.8 Å². The smallest absolute Gasteiger partial charge is 0.336 e. The zero-order valence-electron chi connectivity index (χ0n) is 21.1. The van der Waals surface area contributed by atoms with Crippen molar-refractivity contribution in [1.29, 1.82) is 0 Å². The monoisotopic (exact) mass is 598 g/mol. The number of carbonyl (C=O) groups is 3. The summed E-state index contributed by atoms with van der Waals surface area (Å²) in [7, 11) is 2.77. The fraction of sp³-hybridized carbons (Fsp3) is 0.179. The number of anilines is 1. The highest BCUT2D eigenvalue weighted by molar-refractivity contribution is 9.10. The van der Waals surface area contributed by atoms with Crippen molar-refractivity contribution in [3.05, 3.63) is 85.9 Å². The zero-order chi connectivity index (χ0) is 27.6. The number of amides is 4. The van der Waals surface area contributed by atoms with Gasteiger partial charge in [-0.05, 0) is 70.2 Å². The Morgan fingerprint density at radius 1 is 0.921 bits per heavy atom. The van der Waals surface area contributed by atoms with Gasteiger partial charge in [-0.3, -0.25) is 14.9 Å². The van der Waals surface area contributed by atoms with Gasteiger partial charge in [-0.25, -0.2) is 9.69 Å². The van der Waals surface area contributed by atoms with Crippen molar-refractivity contribution in [2.24, 2.45) is 0 Å². The Hall–Kier alpha value is -3.82. The minimum absolute atomic E-state index is 0.0749. The lowest BCUT2D eigenvalue weighted by atomic mass is 10.1. The number of aryl methyl sites for hydroxylation is 2. The Bertz CT molecular complexity index is 1490. The van der Waals surface area contributed by atoms with Gasteiger partial charge in [-0.2, -0.15) is 0 Å². The molecular formula is C28H24BrClN2O6. The Kier molecular flexibility index (Phi) is 8.08. The Labute approximate surface area is 233 Å². The number of carbonyl (C=O) groups excluding carboxylic acids is 3. The molecule has 0 radical (unpaired) electrons. The summed E-state index contributed by atoms with van der Waals surface area (Å²) >= 11 is 9.65. The van der Waals surface area contributed by atoms with Gasteiger partial charge in [-0.1, -0.05) is 35.9 Å². The molecule has 8 nitrogen and oxygen atoms in total. The first kappa shape index (κ1) is 27.2. The van der Waals surface area contributed by atoms with Gasteiger partial charge in [0.25, 0.3) is 11.8 Å². The number of ether oxygens (including phenoxy) is 3. The molecule has 0 bridgehead atoms. The van der Waals surface area contributed by atoms with Gasteiger partial charge in [0, 0.05) is 12.1 Å². The van der Waals surface area contributed by atoms with Crippen LogP contribution in [0.2, 0.25) is 5.02 Å². The maximum atomic E-state index is 13.4. The van der Waals surface area contributed by atoms with E-state index in [2.05, 4.69) is 34.2 Å². The van der Waals surface area contributed by atoms with Crippen LogP contribution in [0.1, 0.15) is 22.3 Å². The van der Waals surface area contributed by atoms with Crippen molar-refractivity contribution in [1.82, 2.24) is 5.32 Å². The molecule has 3 aromatic rings. The van der Waals surface area contributed by atoms with E-state index in [1.165, 1.54) is 43.6 Å². The first-order valence-electron chi connectivity index (χ1n) is 11.4. The van der Waals surface area contributed by atoms with Crippen molar-refractivity contribution in [3.8, 4) is 17.2 Å². The van der Waals surface area contributed by atoms with E-state index in [0.717, 1.165) is 10.5 Å². The minimum Gasteiger partial charge on any atom is -0.495 e. The summed E-state index contributed by atoms with van der Waals surface area (Å²) in [6, 6.07) is 13.2. The molecule has 0 unspecified atom stereocenters. The number of hydrogen-bond acceptors (Lipinski definition) is 6. The highest BCUT2D eigenvalue weighted by Crippen LogP contribution is 2.39. The van der Waals surface area contributed by atoms with Crippen LogP contribution in [-0.4, -0.2) is 32.1 Å². The second kappa shape index (κ2) is 11.3. The highest BCUT2D eigenvalue weighted by atomic mass is 79.9. The van der Waals surface area contributed by atoms with Gasteiger partial charge in [-0.15, -0.1) is 0 Å². The number of barbiturate groups is 1. The number of nitrogens with one attached hydrogen (secondary N) is 1. The summed E-state index contributed by atoms with van der Waals surface area (Å²) in [4.78, 5) is 39.5. The molecule has 1 heterocycles. The molecule has 1 saturated heterocycles. The van der Waals surface area contributed by atoms with E-state index < -0.39 is 17.8 Å². The standard InChI is InChI=1S/C28H24BrClN2O6/c1-15-5-6-18(9-16(15)2)14-38-23-8-7-17(11-20(23)29)10-19-26(33)31-28(35)32(27(19)34)22-13-24(36-3)21(30)12-25(22)37-4/h5-13H,14H2,1-4H3,(H,31,33,35)/b19-10+. The molecule has 3 aromatic carbocycles. The topological polar surface area (TPSA) is 94.2 Å². The molecule has 0 saturated carbocycles. The summed E-state index contributed by atoms with van der Waals surface area (Å²) < 4.78 is 17.1. The van der Waals surface area contributed by atoms with E-state index in [1.54, 1.807) is 18.2 Å². The van der Waals surface area contributed by atoms with Crippen LogP contribution in [0.3, 0.4) is 0 Å². The maximum absolute atomic E-state index is 13.4. The number of imide groups is 2. The molecule has 1 aliphatic heterocycles. The minimum atomic E-state index is -0.920. The first-order valence-corrected chi connectivity index (χ1v) is 12.6. The number of halogens is 2.